The topological polar surface area (TPSA) is 64.7 Å². The molecule has 0 aliphatic heterocycles. The van der Waals surface area contributed by atoms with Crippen molar-refractivity contribution in [2.75, 3.05) is 0 Å². The van der Waals surface area contributed by atoms with Gasteiger partial charge in [-0.2, -0.15) is 0 Å². The maximum Gasteiger partial charge on any atom is 0.146 e. The molecular formula is C12H15FN4S. The van der Waals surface area contributed by atoms with E-state index < -0.39 is 11.9 Å². The molecule has 0 aliphatic rings. The fourth-order valence-corrected chi connectivity index (χ4v) is 2.59. The summed E-state index contributed by atoms with van der Waals surface area (Å²) in [4.78, 5) is 4.52. The Balaban J connectivity index is 2.45. The van der Waals surface area contributed by atoms with Crippen LogP contribution in [0.5, 0.6) is 0 Å². The molecule has 4 nitrogen and oxygen atoms in total. The summed E-state index contributed by atoms with van der Waals surface area (Å²) in [5, 5.41) is 4.11. The zero-order chi connectivity index (χ0) is 13.3. The Hall–Kier alpha value is -1.40. The van der Waals surface area contributed by atoms with Crippen LogP contribution in [0.15, 0.2) is 18.5 Å². The summed E-state index contributed by atoms with van der Waals surface area (Å²) in [5.41, 5.74) is 7.19. The molecule has 0 saturated heterocycles. The van der Waals surface area contributed by atoms with Gasteiger partial charge in [0.05, 0.1) is 22.8 Å². The number of hydrogen-bond acceptors (Lipinski definition) is 5. The number of pyridine rings is 1. The van der Waals surface area contributed by atoms with E-state index in [1.807, 2.05) is 20.8 Å². The lowest BCUT2D eigenvalue weighted by Gasteiger charge is -2.19. The second kappa shape index (κ2) is 4.70. The number of rotatable bonds is 2. The van der Waals surface area contributed by atoms with Crippen molar-refractivity contribution in [3.63, 3.8) is 0 Å². The highest BCUT2D eigenvalue weighted by molar-refractivity contribution is 7.05. The number of nitrogens with zero attached hydrogens (tertiary/aromatic N) is 3. The Morgan fingerprint density at radius 3 is 2.72 bits per heavy atom. The van der Waals surface area contributed by atoms with Gasteiger partial charge < -0.3 is 5.73 Å². The molecule has 2 aromatic heterocycles. The molecule has 0 bridgehead atoms. The molecule has 0 radical (unpaired) electrons. The van der Waals surface area contributed by atoms with E-state index in [0.717, 1.165) is 10.6 Å². The van der Waals surface area contributed by atoms with Gasteiger partial charge in [0, 0.05) is 17.2 Å². The molecule has 0 saturated carbocycles. The average molecular weight is 266 g/mol. The molecule has 2 heterocycles. The van der Waals surface area contributed by atoms with Crippen LogP contribution in [0.4, 0.5) is 4.39 Å². The zero-order valence-electron chi connectivity index (χ0n) is 10.5. The molecular weight excluding hydrogens is 251 g/mol. The first-order chi connectivity index (χ1) is 8.41. The Morgan fingerprint density at radius 1 is 1.39 bits per heavy atom. The zero-order valence-corrected chi connectivity index (χ0v) is 11.3. The van der Waals surface area contributed by atoms with E-state index in [1.165, 1.54) is 23.9 Å². The van der Waals surface area contributed by atoms with E-state index in [4.69, 9.17) is 5.73 Å². The number of halogens is 1. The van der Waals surface area contributed by atoms with Gasteiger partial charge in [0.1, 0.15) is 5.82 Å². The molecule has 0 aromatic carbocycles. The molecule has 18 heavy (non-hydrogen) atoms. The largest absolute Gasteiger partial charge is 0.319 e. The van der Waals surface area contributed by atoms with Gasteiger partial charge in [0.25, 0.3) is 0 Å². The summed E-state index contributed by atoms with van der Waals surface area (Å²) in [6.45, 7) is 6.09. The third kappa shape index (κ3) is 2.39. The normalized spacial score (nSPS) is 13.6. The first-order valence-electron chi connectivity index (χ1n) is 5.59. The summed E-state index contributed by atoms with van der Waals surface area (Å²) < 4.78 is 17.6. The quantitative estimate of drug-likeness (QED) is 0.906. The van der Waals surface area contributed by atoms with Gasteiger partial charge in [0.15, 0.2) is 0 Å². The van der Waals surface area contributed by atoms with Crippen molar-refractivity contribution < 1.29 is 4.39 Å². The molecule has 0 aliphatic carbocycles. The Morgan fingerprint density at radius 2 is 2.11 bits per heavy atom. The SMILES string of the molecule is CC(C)(C)c1nnsc1C(N)c1ccncc1F. The summed E-state index contributed by atoms with van der Waals surface area (Å²) in [6, 6.07) is 1.04. The van der Waals surface area contributed by atoms with Crippen molar-refractivity contribution in [3.05, 3.63) is 40.4 Å². The van der Waals surface area contributed by atoms with Crippen molar-refractivity contribution in [1.29, 1.82) is 0 Å². The Bertz CT molecular complexity index is 547. The highest BCUT2D eigenvalue weighted by Crippen LogP contribution is 2.32. The minimum absolute atomic E-state index is 0.163. The maximum absolute atomic E-state index is 13.7. The van der Waals surface area contributed by atoms with E-state index in [1.54, 1.807) is 6.07 Å². The number of nitrogens with two attached hydrogens (primary N) is 1. The van der Waals surface area contributed by atoms with Crippen LogP contribution in [-0.2, 0) is 5.41 Å². The van der Waals surface area contributed by atoms with E-state index in [9.17, 15) is 4.39 Å². The van der Waals surface area contributed by atoms with Crippen LogP contribution >= 0.6 is 11.5 Å². The predicted molar refractivity (Wildman–Crippen MR) is 68.8 cm³/mol. The number of hydrogen-bond donors (Lipinski definition) is 1. The lowest BCUT2D eigenvalue weighted by atomic mass is 9.89. The van der Waals surface area contributed by atoms with Crippen LogP contribution in [-0.4, -0.2) is 14.6 Å². The minimum atomic E-state index is -0.553. The number of aromatic nitrogens is 3. The van der Waals surface area contributed by atoms with Gasteiger partial charge in [0.2, 0.25) is 0 Å². The summed E-state index contributed by atoms with van der Waals surface area (Å²) in [7, 11) is 0. The van der Waals surface area contributed by atoms with Crippen LogP contribution < -0.4 is 5.73 Å². The summed E-state index contributed by atoms with van der Waals surface area (Å²) in [6.07, 6.45) is 2.70. The van der Waals surface area contributed by atoms with Gasteiger partial charge in [-0.05, 0) is 17.6 Å². The van der Waals surface area contributed by atoms with Crippen molar-refractivity contribution in [2.24, 2.45) is 5.73 Å². The monoisotopic (exact) mass is 266 g/mol. The third-order valence-electron chi connectivity index (χ3n) is 2.65. The minimum Gasteiger partial charge on any atom is -0.319 e. The standard InChI is InChI=1S/C12H15FN4S/c1-12(2,3)11-10(18-17-16-11)9(14)7-4-5-15-6-8(7)13/h4-6,9H,14H2,1-3H3. The lowest BCUT2D eigenvalue weighted by molar-refractivity contribution is 0.551. The van der Waals surface area contributed by atoms with Crippen LogP contribution in [0.1, 0.15) is 42.9 Å². The molecule has 96 valence electrons. The molecule has 6 heteroatoms. The van der Waals surface area contributed by atoms with Crippen LogP contribution in [0.2, 0.25) is 0 Å². The molecule has 2 rings (SSSR count). The summed E-state index contributed by atoms with van der Waals surface area (Å²) >= 11 is 1.21. The van der Waals surface area contributed by atoms with Gasteiger partial charge >= 0.3 is 0 Å². The third-order valence-corrected chi connectivity index (χ3v) is 3.45. The maximum atomic E-state index is 13.7. The van der Waals surface area contributed by atoms with Gasteiger partial charge in [-0.25, -0.2) is 4.39 Å². The second-order valence-electron chi connectivity index (χ2n) is 5.11. The van der Waals surface area contributed by atoms with Crippen LogP contribution in [0.25, 0.3) is 0 Å². The average Bonchev–Trinajstić information content (AvgIpc) is 2.77. The molecule has 0 fully saturated rings. The fraction of sp³-hybridized carbons (Fsp3) is 0.417. The highest BCUT2D eigenvalue weighted by atomic mass is 32.1. The van der Waals surface area contributed by atoms with E-state index in [0.29, 0.717) is 5.56 Å². The predicted octanol–water partition coefficient (Wildman–Crippen LogP) is 2.42. The second-order valence-corrected chi connectivity index (χ2v) is 5.90. The Kier molecular flexibility index (Phi) is 3.41. The lowest BCUT2D eigenvalue weighted by Crippen LogP contribution is -2.20. The van der Waals surface area contributed by atoms with Crippen LogP contribution in [0, 0.1) is 5.82 Å². The smallest absolute Gasteiger partial charge is 0.146 e. The van der Waals surface area contributed by atoms with Crippen molar-refractivity contribution >= 4 is 11.5 Å². The van der Waals surface area contributed by atoms with E-state index in [2.05, 4.69) is 14.6 Å². The van der Waals surface area contributed by atoms with E-state index in [-0.39, 0.29) is 5.41 Å². The van der Waals surface area contributed by atoms with Crippen LogP contribution in [0.3, 0.4) is 0 Å². The molecule has 2 aromatic rings. The summed E-state index contributed by atoms with van der Waals surface area (Å²) in [5.74, 6) is -0.404. The Labute approximate surface area is 109 Å². The van der Waals surface area contributed by atoms with Gasteiger partial charge in [-0.15, -0.1) is 5.10 Å². The van der Waals surface area contributed by atoms with Gasteiger partial charge in [-0.1, -0.05) is 25.3 Å². The van der Waals surface area contributed by atoms with E-state index >= 15 is 0 Å². The molecule has 2 N–H and O–H groups in total. The highest BCUT2D eigenvalue weighted by Gasteiger charge is 2.27. The van der Waals surface area contributed by atoms with Crippen molar-refractivity contribution in [3.8, 4) is 0 Å². The van der Waals surface area contributed by atoms with Crippen molar-refractivity contribution in [1.82, 2.24) is 14.6 Å². The first kappa shape index (κ1) is 13.0. The molecule has 0 spiro atoms. The molecule has 1 unspecified atom stereocenters. The van der Waals surface area contributed by atoms with Crippen molar-refractivity contribution in [2.45, 2.75) is 32.2 Å². The fourth-order valence-electron chi connectivity index (χ4n) is 1.70. The van der Waals surface area contributed by atoms with Gasteiger partial charge in [-0.3, -0.25) is 4.98 Å². The first-order valence-corrected chi connectivity index (χ1v) is 6.36. The molecule has 0 amide bonds. The molecule has 1 atom stereocenters.